The Morgan fingerprint density at radius 1 is 1.22 bits per heavy atom. The molecular formula is C24H32FN7O3S. The molecule has 10 nitrogen and oxygen atoms in total. The molecule has 3 aromatic rings. The van der Waals surface area contributed by atoms with Crippen LogP contribution < -0.4 is 15.5 Å². The van der Waals surface area contributed by atoms with Gasteiger partial charge in [-0.3, -0.25) is 0 Å². The number of halogens is 1. The van der Waals surface area contributed by atoms with Gasteiger partial charge in [-0.15, -0.1) is 0 Å². The van der Waals surface area contributed by atoms with Crippen molar-refractivity contribution in [1.82, 2.24) is 25.4 Å². The molecule has 36 heavy (non-hydrogen) atoms. The van der Waals surface area contributed by atoms with Crippen molar-refractivity contribution in [2.45, 2.75) is 50.0 Å². The van der Waals surface area contributed by atoms with Gasteiger partial charge >= 0.3 is 0 Å². The number of aromatic nitrogens is 4. The van der Waals surface area contributed by atoms with Crippen LogP contribution in [-0.4, -0.2) is 61.0 Å². The number of benzene rings is 1. The third kappa shape index (κ3) is 6.16. The zero-order valence-corrected chi connectivity index (χ0v) is 21.7. The Morgan fingerprint density at radius 2 is 1.97 bits per heavy atom. The molecule has 1 aliphatic rings. The zero-order chi connectivity index (χ0) is 25.9. The van der Waals surface area contributed by atoms with Gasteiger partial charge in [0.15, 0.2) is 15.7 Å². The van der Waals surface area contributed by atoms with Crippen molar-refractivity contribution in [2.75, 3.05) is 36.6 Å². The van der Waals surface area contributed by atoms with Gasteiger partial charge in [0.1, 0.15) is 23.8 Å². The van der Waals surface area contributed by atoms with Crippen LogP contribution in [0.1, 0.15) is 44.3 Å². The van der Waals surface area contributed by atoms with Crippen LogP contribution in [0.25, 0.3) is 0 Å². The van der Waals surface area contributed by atoms with E-state index in [0.717, 1.165) is 38.3 Å². The molecule has 1 fully saturated rings. The van der Waals surface area contributed by atoms with Crippen LogP contribution in [0, 0.1) is 11.7 Å². The number of hydrogen-bond donors (Lipinski definition) is 2. The second kappa shape index (κ2) is 10.9. The van der Waals surface area contributed by atoms with Crippen molar-refractivity contribution < 1.29 is 17.3 Å². The first-order chi connectivity index (χ1) is 17.1. The van der Waals surface area contributed by atoms with Crippen molar-refractivity contribution in [3.8, 4) is 0 Å². The molecular weight excluding hydrogens is 485 g/mol. The minimum Gasteiger partial charge on any atom is -0.356 e. The van der Waals surface area contributed by atoms with E-state index in [1.165, 1.54) is 18.5 Å². The maximum Gasteiger partial charge on any atom is 0.228 e. The predicted molar refractivity (Wildman–Crippen MR) is 135 cm³/mol. The van der Waals surface area contributed by atoms with Crippen LogP contribution in [0.2, 0.25) is 0 Å². The molecule has 1 aliphatic heterocycles. The van der Waals surface area contributed by atoms with Crippen molar-refractivity contribution in [3.05, 3.63) is 48.1 Å². The fourth-order valence-electron chi connectivity index (χ4n) is 4.36. The van der Waals surface area contributed by atoms with Crippen LogP contribution in [0.5, 0.6) is 0 Å². The van der Waals surface area contributed by atoms with Gasteiger partial charge in [-0.1, -0.05) is 19.0 Å². The Bertz CT molecular complexity index is 1290. The highest BCUT2D eigenvalue weighted by atomic mass is 32.2. The van der Waals surface area contributed by atoms with Gasteiger partial charge in [0.05, 0.1) is 10.6 Å². The van der Waals surface area contributed by atoms with E-state index in [-0.39, 0.29) is 22.5 Å². The number of likely N-dealkylation sites (N-methyl/N-ethyl adjacent to an activating group) is 1. The van der Waals surface area contributed by atoms with Gasteiger partial charge in [0.2, 0.25) is 5.89 Å². The summed E-state index contributed by atoms with van der Waals surface area (Å²) in [6, 6.07) is 5.54. The smallest absolute Gasteiger partial charge is 0.228 e. The maximum absolute atomic E-state index is 14.6. The topological polar surface area (TPSA) is 126 Å². The minimum atomic E-state index is -3.50. The van der Waals surface area contributed by atoms with Gasteiger partial charge < -0.3 is 20.1 Å². The molecule has 0 aliphatic carbocycles. The number of nitrogens with one attached hydrogen (secondary N) is 2. The lowest BCUT2D eigenvalue weighted by atomic mass is 9.87. The molecule has 1 unspecified atom stereocenters. The predicted octanol–water partition coefficient (Wildman–Crippen LogP) is 3.32. The quantitative estimate of drug-likeness (QED) is 0.436. The lowest BCUT2D eigenvalue weighted by Crippen LogP contribution is -2.44. The van der Waals surface area contributed by atoms with Crippen LogP contribution in [0.3, 0.4) is 0 Å². The Kier molecular flexibility index (Phi) is 7.84. The first kappa shape index (κ1) is 26.0. The number of sulfone groups is 1. The van der Waals surface area contributed by atoms with Crippen molar-refractivity contribution in [3.63, 3.8) is 0 Å². The molecule has 0 saturated carbocycles. The summed E-state index contributed by atoms with van der Waals surface area (Å²) in [6.45, 7) is 5.93. The van der Waals surface area contributed by atoms with Gasteiger partial charge in [0, 0.05) is 37.8 Å². The van der Waals surface area contributed by atoms with Gasteiger partial charge in [-0.25, -0.2) is 22.8 Å². The minimum absolute atomic E-state index is 0.0566. The second-order valence-electron chi connectivity index (χ2n) is 9.47. The second-order valence-corrected chi connectivity index (χ2v) is 11.5. The first-order valence-electron chi connectivity index (χ1n) is 12.0. The number of nitrogens with zero attached hydrogens (tertiary/aromatic N) is 5. The molecule has 1 saturated heterocycles. The molecule has 2 aromatic heterocycles. The van der Waals surface area contributed by atoms with Crippen LogP contribution in [0.4, 0.5) is 21.7 Å². The van der Waals surface area contributed by atoms with E-state index in [1.54, 1.807) is 6.07 Å². The number of hydrogen-bond acceptors (Lipinski definition) is 10. The van der Waals surface area contributed by atoms with Gasteiger partial charge in [0.25, 0.3) is 0 Å². The summed E-state index contributed by atoms with van der Waals surface area (Å²) in [5.74, 6) is 2.22. The summed E-state index contributed by atoms with van der Waals surface area (Å²) in [4.78, 5) is 15.3. The Hall–Kier alpha value is -3.12. The third-order valence-electron chi connectivity index (χ3n) is 6.45. The summed E-state index contributed by atoms with van der Waals surface area (Å²) in [7, 11) is -1.53. The van der Waals surface area contributed by atoms with E-state index in [1.807, 2.05) is 20.9 Å². The highest BCUT2D eigenvalue weighted by Crippen LogP contribution is 2.29. The third-order valence-corrected chi connectivity index (χ3v) is 7.57. The summed E-state index contributed by atoms with van der Waals surface area (Å²) in [6.07, 6.45) is 5.05. The molecule has 1 aromatic carbocycles. The molecule has 0 amide bonds. The Balaban J connectivity index is 1.57. The average Bonchev–Trinajstić information content (AvgIpc) is 3.33. The standard InChI is InChI=1S/C24H32FN7O3S/c1-15(2)24-30-23(35-31-24)12-20(16-7-9-26-10-8-16)32(3)22-13-21(27-14-28-22)29-19-6-5-17(11-18(19)25)36(4,33)34/h5-6,11,13-16,20,26H,7-10,12H2,1-4H3,(H,27,28,29). The first-order valence-corrected chi connectivity index (χ1v) is 13.9. The van der Waals surface area contributed by atoms with Crippen LogP contribution in [0.15, 0.2) is 40.0 Å². The van der Waals surface area contributed by atoms with E-state index >= 15 is 0 Å². The van der Waals surface area contributed by atoms with Crippen LogP contribution >= 0.6 is 0 Å². The SMILES string of the molecule is CC(C)c1noc(CC(C2CCNCC2)N(C)c2cc(Nc3ccc(S(C)(=O)=O)cc3F)ncn2)n1. The molecule has 194 valence electrons. The molecule has 4 rings (SSSR count). The largest absolute Gasteiger partial charge is 0.356 e. The average molecular weight is 518 g/mol. The maximum atomic E-state index is 14.6. The molecule has 3 heterocycles. The Morgan fingerprint density at radius 3 is 2.61 bits per heavy atom. The number of anilines is 3. The fraction of sp³-hybridized carbons (Fsp3) is 0.500. The number of piperidine rings is 1. The summed E-state index contributed by atoms with van der Waals surface area (Å²) < 4.78 is 43.5. The Labute approximate surface area is 210 Å². The normalized spacial score (nSPS) is 15.7. The highest BCUT2D eigenvalue weighted by Gasteiger charge is 2.30. The fourth-order valence-corrected chi connectivity index (χ4v) is 4.99. The van der Waals surface area contributed by atoms with Crippen LogP contribution in [-0.2, 0) is 16.3 Å². The molecule has 0 spiro atoms. The summed E-state index contributed by atoms with van der Waals surface area (Å²) >= 11 is 0. The zero-order valence-electron chi connectivity index (χ0n) is 20.9. The van der Waals surface area contributed by atoms with Gasteiger partial charge in [-0.05, 0) is 50.0 Å². The highest BCUT2D eigenvalue weighted by molar-refractivity contribution is 7.90. The summed E-state index contributed by atoms with van der Waals surface area (Å²) in [5.41, 5.74) is 0.122. The van der Waals surface area contributed by atoms with Crippen molar-refractivity contribution >= 4 is 27.2 Å². The van der Waals surface area contributed by atoms with Gasteiger partial charge in [-0.2, -0.15) is 4.98 Å². The molecule has 0 radical (unpaired) electrons. The number of rotatable bonds is 9. The van der Waals surface area contributed by atoms with Crippen molar-refractivity contribution in [2.24, 2.45) is 5.92 Å². The molecule has 0 bridgehead atoms. The van der Waals surface area contributed by atoms with E-state index < -0.39 is 15.7 Å². The lowest BCUT2D eigenvalue weighted by Gasteiger charge is -2.37. The van der Waals surface area contributed by atoms with Crippen molar-refractivity contribution in [1.29, 1.82) is 0 Å². The lowest BCUT2D eigenvalue weighted by molar-refractivity contribution is 0.285. The van der Waals surface area contributed by atoms with E-state index in [2.05, 4.69) is 35.6 Å². The van der Waals surface area contributed by atoms with E-state index in [4.69, 9.17) is 4.52 Å². The monoisotopic (exact) mass is 517 g/mol. The molecule has 1 atom stereocenters. The summed E-state index contributed by atoms with van der Waals surface area (Å²) in [5, 5.41) is 10.4. The van der Waals surface area contributed by atoms with E-state index in [9.17, 15) is 12.8 Å². The van der Waals surface area contributed by atoms with E-state index in [0.29, 0.717) is 35.7 Å². The molecule has 2 N–H and O–H groups in total. The molecule has 12 heteroatoms.